The highest BCUT2D eigenvalue weighted by atomic mass is 14.4. The van der Waals surface area contributed by atoms with Gasteiger partial charge in [-0.25, -0.2) is 0 Å². The van der Waals surface area contributed by atoms with Gasteiger partial charge in [-0.15, -0.1) is 0 Å². The molecule has 0 bridgehead atoms. The van der Waals surface area contributed by atoms with E-state index in [2.05, 4.69) is 25.1 Å². The smallest absolute Gasteiger partial charge is 0.0385 e. The number of nitrogens with one attached hydrogen (secondary N) is 1. The molecule has 1 N–H and O–H groups in total. The molecule has 1 heteroatoms. The molecular formula is C16H21N. The molecular weight excluding hydrogens is 206 g/mol. The molecule has 0 heterocycles. The first kappa shape index (κ1) is 12.1. The molecule has 1 aromatic carbocycles. The molecule has 17 heavy (non-hydrogen) atoms. The van der Waals surface area contributed by atoms with Crippen molar-refractivity contribution >= 4 is 5.71 Å². The van der Waals surface area contributed by atoms with Gasteiger partial charge in [-0.1, -0.05) is 49.2 Å². The Balaban J connectivity index is 2.05. The number of hydrogen-bond donors (Lipinski definition) is 1. The van der Waals surface area contributed by atoms with E-state index in [1.807, 2.05) is 18.2 Å². The van der Waals surface area contributed by atoms with E-state index in [-0.39, 0.29) is 5.92 Å². The molecule has 0 aliphatic heterocycles. The molecule has 1 atom stereocenters. The second-order valence-corrected chi connectivity index (χ2v) is 4.95. The summed E-state index contributed by atoms with van der Waals surface area (Å²) >= 11 is 0. The van der Waals surface area contributed by atoms with Crippen LogP contribution < -0.4 is 0 Å². The number of hydrogen-bond acceptors (Lipinski definition) is 1. The maximum Gasteiger partial charge on any atom is 0.0385 e. The Morgan fingerprint density at radius 3 is 2.41 bits per heavy atom. The Kier molecular flexibility index (Phi) is 4.13. The van der Waals surface area contributed by atoms with Gasteiger partial charge in [-0.05, 0) is 37.3 Å². The van der Waals surface area contributed by atoms with Gasteiger partial charge in [0.2, 0.25) is 0 Å². The fourth-order valence-electron chi connectivity index (χ4n) is 2.42. The zero-order valence-corrected chi connectivity index (χ0v) is 10.6. The highest BCUT2D eigenvalue weighted by Gasteiger charge is 2.11. The van der Waals surface area contributed by atoms with Gasteiger partial charge in [0.1, 0.15) is 0 Å². The van der Waals surface area contributed by atoms with Crippen LogP contribution >= 0.6 is 0 Å². The first-order valence-corrected chi connectivity index (χ1v) is 6.60. The summed E-state index contributed by atoms with van der Waals surface area (Å²) in [5.74, 6) is 0.214. The minimum Gasteiger partial charge on any atom is -0.305 e. The molecule has 0 amide bonds. The van der Waals surface area contributed by atoms with Crippen LogP contribution in [0.25, 0.3) is 0 Å². The lowest BCUT2D eigenvalue weighted by atomic mass is 9.90. The van der Waals surface area contributed by atoms with Crippen LogP contribution in [0.5, 0.6) is 0 Å². The van der Waals surface area contributed by atoms with Crippen LogP contribution in [0.15, 0.2) is 42.0 Å². The molecule has 1 aliphatic rings. The lowest BCUT2D eigenvalue weighted by Gasteiger charge is -2.16. The molecule has 1 aliphatic carbocycles. The lowest BCUT2D eigenvalue weighted by molar-refractivity contribution is 0.599. The molecule has 1 fully saturated rings. The summed E-state index contributed by atoms with van der Waals surface area (Å²) < 4.78 is 0. The summed E-state index contributed by atoms with van der Waals surface area (Å²) in [6.07, 6.45) is 8.49. The minimum atomic E-state index is 0.214. The fourth-order valence-corrected chi connectivity index (χ4v) is 2.42. The van der Waals surface area contributed by atoms with E-state index in [1.165, 1.54) is 43.2 Å². The molecule has 1 aromatic rings. The van der Waals surface area contributed by atoms with Crippen LogP contribution in [-0.2, 0) is 0 Å². The van der Waals surface area contributed by atoms with Crippen molar-refractivity contribution in [2.75, 3.05) is 0 Å². The van der Waals surface area contributed by atoms with Crippen LogP contribution in [0.1, 0.15) is 50.5 Å². The normalized spacial score (nSPS) is 17.6. The fraction of sp³-hybridized carbons (Fsp3) is 0.438. The zero-order chi connectivity index (χ0) is 12.1. The Bertz CT molecular complexity index is 395. The summed E-state index contributed by atoms with van der Waals surface area (Å²) in [4.78, 5) is 0. The quantitative estimate of drug-likeness (QED) is 0.724. The van der Waals surface area contributed by atoms with Gasteiger partial charge in [0.05, 0.1) is 0 Å². The zero-order valence-electron chi connectivity index (χ0n) is 10.6. The Morgan fingerprint density at radius 1 is 1.12 bits per heavy atom. The number of rotatable bonds is 3. The summed E-state index contributed by atoms with van der Waals surface area (Å²) in [6, 6.07) is 10.3. The number of benzene rings is 1. The SMILES string of the molecule is CC(C(=N)C=C1CCCCC1)c1ccccc1. The van der Waals surface area contributed by atoms with Gasteiger partial charge in [-0.3, -0.25) is 0 Å². The van der Waals surface area contributed by atoms with Gasteiger partial charge in [-0.2, -0.15) is 0 Å². The highest BCUT2D eigenvalue weighted by molar-refractivity contribution is 5.98. The van der Waals surface area contributed by atoms with Gasteiger partial charge in [0.25, 0.3) is 0 Å². The van der Waals surface area contributed by atoms with E-state index in [9.17, 15) is 0 Å². The van der Waals surface area contributed by atoms with Gasteiger partial charge < -0.3 is 5.41 Å². The van der Waals surface area contributed by atoms with Crippen molar-refractivity contribution in [1.29, 1.82) is 5.41 Å². The average molecular weight is 227 g/mol. The maximum atomic E-state index is 8.19. The first-order chi connectivity index (χ1) is 8.27. The van der Waals surface area contributed by atoms with E-state index in [1.54, 1.807) is 0 Å². The van der Waals surface area contributed by atoms with Crippen LogP contribution in [0.2, 0.25) is 0 Å². The van der Waals surface area contributed by atoms with E-state index in [0.29, 0.717) is 0 Å². The monoisotopic (exact) mass is 227 g/mol. The average Bonchev–Trinajstić information content (AvgIpc) is 2.40. The highest BCUT2D eigenvalue weighted by Crippen LogP contribution is 2.24. The maximum absolute atomic E-state index is 8.19. The van der Waals surface area contributed by atoms with Crippen LogP contribution in [0.3, 0.4) is 0 Å². The topological polar surface area (TPSA) is 23.9 Å². The van der Waals surface area contributed by atoms with Crippen molar-refractivity contribution in [3.05, 3.63) is 47.5 Å². The number of allylic oxidation sites excluding steroid dienone is 2. The molecule has 1 nitrogen and oxygen atoms in total. The van der Waals surface area contributed by atoms with Crippen molar-refractivity contribution in [2.24, 2.45) is 0 Å². The third kappa shape index (κ3) is 3.29. The predicted octanol–water partition coefficient (Wildman–Crippen LogP) is 4.70. The van der Waals surface area contributed by atoms with E-state index in [0.717, 1.165) is 5.71 Å². The summed E-state index contributed by atoms with van der Waals surface area (Å²) in [5.41, 5.74) is 3.47. The molecule has 0 radical (unpaired) electrons. The Hall–Kier alpha value is -1.37. The van der Waals surface area contributed by atoms with Crippen LogP contribution in [0.4, 0.5) is 0 Å². The van der Waals surface area contributed by atoms with Crippen molar-refractivity contribution in [3.8, 4) is 0 Å². The van der Waals surface area contributed by atoms with Gasteiger partial charge >= 0.3 is 0 Å². The lowest BCUT2D eigenvalue weighted by Crippen LogP contribution is -2.07. The Morgan fingerprint density at radius 2 is 1.76 bits per heavy atom. The van der Waals surface area contributed by atoms with E-state index >= 15 is 0 Å². The molecule has 0 aromatic heterocycles. The van der Waals surface area contributed by atoms with Crippen molar-refractivity contribution < 1.29 is 0 Å². The van der Waals surface area contributed by atoms with Crippen molar-refractivity contribution in [1.82, 2.24) is 0 Å². The minimum absolute atomic E-state index is 0.214. The second-order valence-electron chi connectivity index (χ2n) is 4.95. The molecule has 0 spiro atoms. The van der Waals surface area contributed by atoms with Crippen molar-refractivity contribution in [2.45, 2.75) is 44.9 Å². The van der Waals surface area contributed by atoms with Crippen molar-refractivity contribution in [3.63, 3.8) is 0 Å². The van der Waals surface area contributed by atoms with Gasteiger partial charge in [0, 0.05) is 11.6 Å². The van der Waals surface area contributed by atoms with Gasteiger partial charge in [0.15, 0.2) is 0 Å². The summed E-state index contributed by atoms with van der Waals surface area (Å²) in [7, 11) is 0. The van der Waals surface area contributed by atoms with Crippen LogP contribution in [0, 0.1) is 5.41 Å². The largest absolute Gasteiger partial charge is 0.305 e. The Labute approximate surface area is 104 Å². The predicted molar refractivity (Wildman–Crippen MR) is 73.8 cm³/mol. The summed E-state index contributed by atoms with van der Waals surface area (Å²) in [6.45, 7) is 2.12. The standard InChI is InChI=1S/C16H21N/c1-13(15-10-6-3-7-11-15)16(17)12-14-8-4-2-5-9-14/h3,6-7,10-13,17H,2,4-5,8-9H2,1H3. The first-order valence-electron chi connectivity index (χ1n) is 6.60. The van der Waals surface area contributed by atoms with E-state index < -0.39 is 0 Å². The second kappa shape index (κ2) is 5.81. The molecule has 0 saturated heterocycles. The third-order valence-corrected chi connectivity index (χ3v) is 3.62. The molecule has 90 valence electrons. The molecule has 1 saturated carbocycles. The van der Waals surface area contributed by atoms with E-state index in [4.69, 9.17) is 5.41 Å². The molecule has 1 unspecified atom stereocenters. The molecule has 2 rings (SSSR count). The summed E-state index contributed by atoms with van der Waals surface area (Å²) in [5, 5.41) is 8.19. The van der Waals surface area contributed by atoms with Crippen LogP contribution in [-0.4, -0.2) is 5.71 Å². The third-order valence-electron chi connectivity index (χ3n) is 3.62.